The fourth-order valence-electron chi connectivity index (χ4n) is 2.28. The van der Waals surface area contributed by atoms with Gasteiger partial charge in [-0.05, 0) is 36.5 Å². The third-order valence-electron chi connectivity index (χ3n) is 3.79. The minimum Gasteiger partial charge on any atom is -0.493 e. The van der Waals surface area contributed by atoms with Gasteiger partial charge < -0.3 is 19.5 Å². The molecule has 1 aromatic rings. The van der Waals surface area contributed by atoms with Gasteiger partial charge in [0.1, 0.15) is 0 Å². The Hall–Kier alpha value is -0.970. The first-order chi connectivity index (χ1) is 10.2. The summed E-state index contributed by atoms with van der Waals surface area (Å²) < 4.78 is 16.3. The molecule has 0 saturated heterocycles. The van der Waals surface area contributed by atoms with Gasteiger partial charge in [0.15, 0.2) is 11.5 Å². The van der Waals surface area contributed by atoms with Crippen molar-refractivity contribution >= 4 is 11.6 Å². The van der Waals surface area contributed by atoms with Crippen LogP contribution in [0.4, 0.5) is 0 Å². The summed E-state index contributed by atoms with van der Waals surface area (Å²) in [6.07, 6.45) is 3.81. The Morgan fingerprint density at radius 2 is 2.10 bits per heavy atom. The number of hydrogen-bond acceptors (Lipinski definition) is 4. The van der Waals surface area contributed by atoms with Crippen LogP contribution in [-0.4, -0.2) is 34.0 Å². The number of rotatable bonds is 9. The van der Waals surface area contributed by atoms with Gasteiger partial charge in [0, 0.05) is 20.2 Å². The molecule has 1 aromatic carbocycles. The van der Waals surface area contributed by atoms with Crippen molar-refractivity contribution in [1.82, 2.24) is 5.32 Å². The Balaban J connectivity index is 1.96. The summed E-state index contributed by atoms with van der Waals surface area (Å²) in [5, 5.41) is 3.90. The van der Waals surface area contributed by atoms with Gasteiger partial charge in [-0.25, -0.2) is 0 Å². The lowest BCUT2D eigenvalue weighted by Crippen LogP contribution is -2.20. The number of benzene rings is 1. The average molecular weight is 314 g/mol. The molecule has 1 aliphatic carbocycles. The Morgan fingerprint density at radius 3 is 2.71 bits per heavy atom. The second kappa shape index (κ2) is 8.47. The first-order valence-corrected chi connectivity index (χ1v) is 7.81. The lowest BCUT2D eigenvalue weighted by molar-refractivity contribution is 0.176. The van der Waals surface area contributed by atoms with Crippen molar-refractivity contribution in [1.29, 1.82) is 0 Å². The lowest BCUT2D eigenvalue weighted by atomic mass is 9.86. The van der Waals surface area contributed by atoms with Crippen LogP contribution in [-0.2, 0) is 11.3 Å². The molecule has 0 heterocycles. The van der Waals surface area contributed by atoms with E-state index in [1.165, 1.54) is 19.3 Å². The summed E-state index contributed by atoms with van der Waals surface area (Å²) in [4.78, 5) is 0. The predicted molar refractivity (Wildman–Crippen MR) is 84.4 cm³/mol. The standard InChI is InChI=1S/C16H24ClNO3/c1-19-7-6-18-10-13-8-14(17)16(15(9-13)20-2)21-11-12-4-3-5-12/h8-9,12,18H,3-7,10-11H2,1-2H3. The summed E-state index contributed by atoms with van der Waals surface area (Å²) in [6, 6.07) is 3.90. The molecule has 21 heavy (non-hydrogen) atoms. The molecule has 1 aliphatic rings. The van der Waals surface area contributed by atoms with Gasteiger partial charge in [0.05, 0.1) is 25.3 Å². The zero-order valence-electron chi connectivity index (χ0n) is 12.8. The van der Waals surface area contributed by atoms with Crippen LogP contribution in [0.25, 0.3) is 0 Å². The normalized spacial score (nSPS) is 14.8. The highest BCUT2D eigenvalue weighted by Crippen LogP contribution is 2.38. The monoisotopic (exact) mass is 313 g/mol. The molecule has 0 unspecified atom stereocenters. The third-order valence-corrected chi connectivity index (χ3v) is 4.07. The molecule has 1 N–H and O–H groups in total. The molecule has 0 radical (unpaired) electrons. The smallest absolute Gasteiger partial charge is 0.179 e. The van der Waals surface area contributed by atoms with Gasteiger partial charge >= 0.3 is 0 Å². The van der Waals surface area contributed by atoms with E-state index in [1.54, 1.807) is 14.2 Å². The van der Waals surface area contributed by atoms with Crippen molar-refractivity contribution < 1.29 is 14.2 Å². The largest absolute Gasteiger partial charge is 0.493 e. The number of methoxy groups -OCH3 is 2. The zero-order valence-corrected chi connectivity index (χ0v) is 13.5. The molecule has 118 valence electrons. The molecule has 1 fully saturated rings. The molecule has 0 spiro atoms. The van der Waals surface area contributed by atoms with Crippen LogP contribution >= 0.6 is 11.6 Å². The van der Waals surface area contributed by atoms with Crippen LogP contribution in [0.1, 0.15) is 24.8 Å². The molecule has 0 atom stereocenters. The van der Waals surface area contributed by atoms with E-state index in [2.05, 4.69) is 5.32 Å². The number of nitrogens with one attached hydrogen (secondary N) is 1. The maximum absolute atomic E-state index is 6.34. The van der Waals surface area contributed by atoms with Crippen LogP contribution in [0.3, 0.4) is 0 Å². The van der Waals surface area contributed by atoms with Crippen LogP contribution in [0, 0.1) is 5.92 Å². The maximum Gasteiger partial charge on any atom is 0.179 e. The van der Waals surface area contributed by atoms with E-state index in [0.717, 1.165) is 25.3 Å². The van der Waals surface area contributed by atoms with Gasteiger partial charge in [0.25, 0.3) is 0 Å². The second-order valence-electron chi connectivity index (χ2n) is 5.39. The SMILES string of the molecule is COCCNCc1cc(Cl)c(OCC2CCC2)c(OC)c1. The van der Waals surface area contributed by atoms with Gasteiger partial charge in [-0.3, -0.25) is 0 Å². The Kier molecular flexibility index (Phi) is 6.61. The predicted octanol–water partition coefficient (Wildman–Crippen LogP) is 3.26. The van der Waals surface area contributed by atoms with E-state index in [1.807, 2.05) is 12.1 Å². The van der Waals surface area contributed by atoms with Crippen LogP contribution < -0.4 is 14.8 Å². The number of ether oxygens (including phenoxy) is 3. The van der Waals surface area contributed by atoms with Crippen molar-refractivity contribution in [2.45, 2.75) is 25.8 Å². The molecule has 0 bridgehead atoms. The van der Waals surface area contributed by atoms with Crippen molar-refractivity contribution in [2.75, 3.05) is 34.0 Å². The topological polar surface area (TPSA) is 39.7 Å². The minimum atomic E-state index is 0.609. The zero-order chi connectivity index (χ0) is 15.1. The van der Waals surface area contributed by atoms with Crippen molar-refractivity contribution in [3.05, 3.63) is 22.7 Å². The second-order valence-corrected chi connectivity index (χ2v) is 5.79. The van der Waals surface area contributed by atoms with E-state index in [0.29, 0.717) is 29.0 Å². The summed E-state index contributed by atoms with van der Waals surface area (Å²) in [5.74, 6) is 2.03. The van der Waals surface area contributed by atoms with E-state index in [-0.39, 0.29) is 0 Å². The molecule has 5 heteroatoms. The highest BCUT2D eigenvalue weighted by Gasteiger charge is 2.20. The first-order valence-electron chi connectivity index (χ1n) is 7.43. The molecular formula is C16H24ClNO3. The van der Waals surface area contributed by atoms with Crippen molar-refractivity contribution in [3.63, 3.8) is 0 Å². The molecule has 2 rings (SSSR count). The highest BCUT2D eigenvalue weighted by molar-refractivity contribution is 6.32. The number of halogens is 1. The van der Waals surface area contributed by atoms with Gasteiger partial charge in [-0.2, -0.15) is 0 Å². The third kappa shape index (κ3) is 4.77. The molecule has 1 saturated carbocycles. The average Bonchev–Trinajstić information content (AvgIpc) is 2.43. The van der Waals surface area contributed by atoms with E-state index < -0.39 is 0 Å². The maximum atomic E-state index is 6.34. The summed E-state index contributed by atoms with van der Waals surface area (Å²) in [7, 11) is 3.33. The summed E-state index contributed by atoms with van der Waals surface area (Å²) in [5.41, 5.74) is 1.07. The first kappa shape index (κ1) is 16.4. The number of hydrogen-bond donors (Lipinski definition) is 1. The van der Waals surface area contributed by atoms with Gasteiger partial charge in [0.2, 0.25) is 0 Å². The molecule has 4 nitrogen and oxygen atoms in total. The molecule has 0 aromatic heterocycles. The Bertz CT molecular complexity index is 449. The van der Waals surface area contributed by atoms with Crippen molar-refractivity contribution in [2.24, 2.45) is 5.92 Å². The Labute approximate surface area is 131 Å². The highest BCUT2D eigenvalue weighted by atomic mass is 35.5. The van der Waals surface area contributed by atoms with Gasteiger partial charge in [-0.15, -0.1) is 0 Å². The summed E-state index contributed by atoms with van der Waals surface area (Å²) in [6.45, 7) is 2.94. The molecule has 0 aliphatic heterocycles. The summed E-state index contributed by atoms with van der Waals surface area (Å²) >= 11 is 6.34. The van der Waals surface area contributed by atoms with Gasteiger partial charge in [-0.1, -0.05) is 18.0 Å². The van der Waals surface area contributed by atoms with E-state index in [9.17, 15) is 0 Å². The Morgan fingerprint density at radius 1 is 1.29 bits per heavy atom. The quantitative estimate of drug-likeness (QED) is 0.710. The van der Waals surface area contributed by atoms with Crippen LogP contribution in [0.5, 0.6) is 11.5 Å². The van der Waals surface area contributed by atoms with E-state index >= 15 is 0 Å². The minimum absolute atomic E-state index is 0.609. The molecular weight excluding hydrogens is 290 g/mol. The lowest BCUT2D eigenvalue weighted by Gasteiger charge is -2.26. The molecule has 0 amide bonds. The van der Waals surface area contributed by atoms with Crippen LogP contribution in [0.15, 0.2) is 12.1 Å². The van der Waals surface area contributed by atoms with Crippen LogP contribution in [0.2, 0.25) is 5.02 Å². The van der Waals surface area contributed by atoms with E-state index in [4.69, 9.17) is 25.8 Å². The fourth-order valence-corrected chi connectivity index (χ4v) is 2.57. The fraction of sp³-hybridized carbons (Fsp3) is 0.625. The van der Waals surface area contributed by atoms with Crippen molar-refractivity contribution in [3.8, 4) is 11.5 Å².